The van der Waals surface area contributed by atoms with E-state index in [9.17, 15) is 9.59 Å². The van der Waals surface area contributed by atoms with Gasteiger partial charge in [0, 0.05) is 29.5 Å². The number of halogens is 1. The van der Waals surface area contributed by atoms with Crippen molar-refractivity contribution in [3.63, 3.8) is 0 Å². The van der Waals surface area contributed by atoms with Crippen LogP contribution in [0, 0.1) is 0 Å². The van der Waals surface area contributed by atoms with E-state index in [0.29, 0.717) is 28.6 Å². The van der Waals surface area contributed by atoms with Crippen LogP contribution in [0.3, 0.4) is 0 Å². The molecule has 3 N–H and O–H groups in total. The number of hydrogen-bond donors (Lipinski definition) is 3. The normalized spacial score (nSPS) is 10.1. The molecule has 9 heteroatoms. The lowest BCUT2D eigenvalue weighted by Crippen LogP contribution is -2.19. The van der Waals surface area contributed by atoms with Crippen LogP contribution in [0.1, 0.15) is 10.5 Å². The van der Waals surface area contributed by atoms with Gasteiger partial charge in [-0.2, -0.15) is 0 Å². The van der Waals surface area contributed by atoms with Crippen molar-refractivity contribution in [3.05, 3.63) is 71.0 Å². The smallest absolute Gasteiger partial charge is 0.323 e. The maximum atomic E-state index is 12.3. The molecule has 0 aliphatic heterocycles. The highest BCUT2D eigenvalue weighted by atomic mass is 79.9. The lowest BCUT2D eigenvalue weighted by atomic mass is 10.3. The summed E-state index contributed by atoms with van der Waals surface area (Å²) in [5.41, 5.74) is 1.37. The van der Waals surface area contributed by atoms with Crippen LogP contribution in [0.4, 0.5) is 16.2 Å². The van der Waals surface area contributed by atoms with Crippen LogP contribution in [0.5, 0.6) is 17.2 Å². The van der Waals surface area contributed by atoms with Gasteiger partial charge in [0.2, 0.25) is 0 Å². The van der Waals surface area contributed by atoms with Crippen molar-refractivity contribution in [2.45, 2.75) is 0 Å². The average molecular weight is 471 g/mol. The number of hydrogen-bond acceptors (Lipinski definition) is 5. The number of rotatable bonds is 6. The molecule has 8 nitrogen and oxygen atoms in total. The summed E-state index contributed by atoms with van der Waals surface area (Å²) in [6.45, 7) is 0. The lowest BCUT2D eigenvalue weighted by molar-refractivity contribution is 0.0958. The van der Waals surface area contributed by atoms with Crippen LogP contribution in [0.25, 0.3) is 0 Å². The Bertz CT molecular complexity index is 1060. The predicted molar refractivity (Wildman–Crippen MR) is 117 cm³/mol. The van der Waals surface area contributed by atoms with E-state index in [2.05, 4.69) is 36.9 Å². The minimum absolute atomic E-state index is 0.257. The number of ether oxygens (including phenoxy) is 2. The first-order valence-electron chi connectivity index (χ1n) is 8.86. The molecule has 2 aromatic carbocycles. The molecule has 3 amide bonds. The van der Waals surface area contributed by atoms with E-state index < -0.39 is 6.03 Å². The Morgan fingerprint density at radius 3 is 2.43 bits per heavy atom. The van der Waals surface area contributed by atoms with Gasteiger partial charge < -0.3 is 25.4 Å². The van der Waals surface area contributed by atoms with Gasteiger partial charge >= 0.3 is 6.03 Å². The summed E-state index contributed by atoms with van der Waals surface area (Å²) >= 11 is 3.37. The minimum Gasteiger partial charge on any atom is -0.495 e. The van der Waals surface area contributed by atoms with Crippen molar-refractivity contribution in [1.29, 1.82) is 0 Å². The zero-order chi connectivity index (χ0) is 21.5. The Hall–Kier alpha value is -3.59. The van der Waals surface area contributed by atoms with Crippen LogP contribution in [0.15, 0.2) is 65.3 Å². The second kappa shape index (κ2) is 9.75. The van der Waals surface area contributed by atoms with Crippen molar-refractivity contribution in [2.24, 2.45) is 0 Å². The van der Waals surface area contributed by atoms with Gasteiger partial charge in [0.15, 0.2) is 0 Å². The largest absolute Gasteiger partial charge is 0.495 e. The Morgan fingerprint density at radius 2 is 1.73 bits per heavy atom. The quantitative estimate of drug-likeness (QED) is 0.486. The Labute approximate surface area is 181 Å². The van der Waals surface area contributed by atoms with Crippen LogP contribution >= 0.6 is 15.9 Å². The fourth-order valence-electron chi connectivity index (χ4n) is 2.53. The van der Waals surface area contributed by atoms with Crippen molar-refractivity contribution in [2.75, 3.05) is 24.8 Å². The van der Waals surface area contributed by atoms with E-state index in [1.54, 1.807) is 48.5 Å². The third-order valence-electron chi connectivity index (χ3n) is 3.95. The standard InChI is InChI=1S/C21H19BrN4O4/c1-23-20(27)18-12-16(9-10-24-18)30-15-6-4-14(5-7-15)25-21(28)26-17-11-13(22)3-8-19(17)29-2/h3-12H,1-2H3,(H,23,27)(H2,25,26,28). The van der Waals surface area contributed by atoms with Gasteiger partial charge in [0.1, 0.15) is 22.9 Å². The van der Waals surface area contributed by atoms with E-state index in [4.69, 9.17) is 9.47 Å². The molecule has 0 unspecified atom stereocenters. The number of pyridine rings is 1. The van der Waals surface area contributed by atoms with Gasteiger partial charge in [0.25, 0.3) is 5.91 Å². The molecule has 0 saturated carbocycles. The van der Waals surface area contributed by atoms with E-state index in [-0.39, 0.29) is 11.6 Å². The predicted octanol–water partition coefficient (Wildman–Crippen LogP) is 4.65. The van der Waals surface area contributed by atoms with Gasteiger partial charge in [-0.3, -0.25) is 9.78 Å². The number of nitrogens with zero attached hydrogens (tertiary/aromatic N) is 1. The zero-order valence-corrected chi connectivity index (χ0v) is 17.8. The molecule has 154 valence electrons. The number of anilines is 2. The van der Waals surface area contributed by atoms with Crippen LogP contribution in [-0.2, 0) is 0 Å². The molecule has 3 aromatic rings. The van der Waals surface area contributed by atoms with Crippen molar-refractivity contribution in [1.82, 2.24) is 10.3 Å². The fourth-order valence-corrected chi connectivity index (χ4v) is 2.89. The number of carbonyl (C=O) groups excluding carboxylic acids is 2. The van der Waals surface area contributed by atoms with Crippen molar-refractivity contribution < 1.29 is 19.1 Å². The topological polar surface area (TPSA) is 102 Å². The van der Waals surface area contributed by atoms with Gasteiger partial charge in [-0.15, -0.1) is 0 Å². The molecule has 0 aliphatic carbocycles. The summed E-state index contributed by atoms with van der Waals surface area (Å²) in [5, 5.41) is 8.00. The Balaban J connectivity index is 1.63. The lowest BCUT2D eigenvalue weighted by Gasteiger charge is -2.12. The van der Waals surface area contributed by atoms with Crippen molar-refractivity contribution in [3.8, 4) is 17.2 Å². The second-order valence-corrected chi connectivity index (χ2v) is 6.92. The maximum Gasteiger partial charge on any atom is 0.323 e. The molecule has 0 fully saturated rings. The number of carbonyl (C=O) groups is 2. The highest BCUT2D eigenvalue weighted by molar-refractivity contribution is 9.10. The monoisotopic (exact) mass is 470 g/mol. The summed E-state index contributed by atoms with van der Waals surface area (Å²) in [7, 11) is 3.07. The average Bonchev–Trinajstić information content (AvgIpc) is 2.75. The van der Waals surface area contributed by atoms with E-state index in [0.717, 1.165) is 4.47 Å². The maximum absolute atomic E-state index is 12.3. The third-order valence-corrected chi connectivity index (χ3v) is 4.44. The molecule has 0 atom stereocenters. The first-order chi connectivity index (χ1) is 14.5. The van der Waals surface area contributed by atoms with Crippen molar-refractivity contribution >= 4 is 39.2 Å². The number of urea groups is 1. The number of nitrogens with one attached hydrogen (secondary N) is 3. The molecule has 30 heavy (non-hydrogen) atoms. The first kappa shape index (κ1) is 21.1. The first-order valence-corrected chi connectivity index (χ1v) is 9.65. The molecule has 1 heterocycles. The number of methoxy groups -OCH3 is 1. The molecular weight excluding hydrogens is 452 g/mol. The summed E-state index contributed by atoms with van der Waals surface area (Å²) in [5.74, 6) is 1.27. The second-order valence-electron chi connectivity index (χ2n) is 6.01. The van der Waals surface area contributed by atoms with Crippen LogP contribution in [-0.4, -0.2) is 31.1 Å². The fraction of sp³-hybridized carbons (Fsp3) is 0.0952. The number of aromatic nitrogens is 1. The molecule has 1 aromatic heterocycles. The molecular formula is C21H19BrN4O4. The molecule has 3 rings (SSSR count). The Morgan fingerprint density at radius 1 is 0.967 bits per heavy atom. The van der Waals surface area contributed by atoms with E-state index >= 15 is 0 Å². The number of benzene rings is 2. The highest BCUT2D eigenvalue weighted by Crippen LogP contribution is 2.28. The van der Waals surface area contributed by atoms with Crippen LogP contribution < -0.4 is 25.4 Å². The third kappa shape index (κ3) is 5.48. The van der Waals surface area contributed by atoms with Gasteiger partial charge in [-0.05, 0) is 48.5 Å². The molecule has 0 spiro atoms. The molecule has 0 radical (unpaired) electrons. The summed E-state index contributed by atoms with van der Waals surface area (Å²) in [6, 6.07) is 14.9. The summed E-state index contributed by atoms with van der Waals surface area (Å²) < 4.78 is 11.8. The highest BCUT2D eigenvalue weighted by Gasteiger charge is 2.09. The molecule has 0 bridgehead atoms. The van der Waals surface area contributed by atoms with E-state index in [1.807, 2.05) is 6.07 Å². The molecule has 0 aliphatic rings. The molecule has 0 saturated heterocycles. The SMILES string of the molecule is CNC(=O)c1cc(Oc2ccc(NC(=O)Nc3cc(Br)ccc3OC)cc2)ccn1. The Kier molecular flexibility index (Phi) is 6.87. The van der Waals surface area contributed by atoms with Crippen LogP contribution in [0.2, 0.25) is 0 Å². The minimum atomic E-state index is -0.413. The number of amides is 3. The summed E-state index contributed by atoms with van der Waals surface area (Å²) in [6.07, 6.45) is 1.50. The van der Waals surface area contributed by atoms with Gasteiger partial charge in [0.05, 0.1) is 12.8 Å². The van der Waals surface area contributed by atoms with E-state index in [1.165, 1.54) is 20.4 Å². The van der Waals surface area contributed by atoms with Gasteiger partial charge in [-0.1, -0.05) is 15.9 Å². The van der Waals surface area contributed by atoms with Gasteiger partial charge in [-0.25, -0.2) is 4.79 Å². The summed E-state index contributed by atoms with van der Waals surface area (Å²) in [4.78, 5) is 28.0. The zero-order valence-electron chi connectivity index (χ0n) is 16.2.